The third kappa shape index (κ3) is 2.12. The number of carbonyl (C=O) groups excluding carboxylic acids is 2. The fourth-order valence-corrected chi connectivity index (χ4v) is 1.29. The highest BCUT2D eigenvalue weighted by atomic mass is 16.5. The molecule has 15 heavy (non-hydrogen) atoms. The molecule has 1 aliphatic rings. The lowest BCUT2D eigenvalue weighted by atomic mass is 9.90. The van der Waals surface area contributed by atoms with Crippen molar-refractivity contribution in [3.8, 4) is 0 Å². The third-order valence-corrected chi connectivity index (χ3v) is 2.03. The first-order chi connectivity index (χ1) is 7.11. The van der Waals surface area contributed by atoms with E-state index in [1.54, 1.807) is 0 Å². The van der Waals surface area contributed by atoms with Gasteiger partial charge < -0.3 is 14.9 Å². The monoisotopic (exact) mass is 209 g/mol. The second-order valence-electron chi connectivity index (χ2n) is 2.88. The van der Waals surface area contributed by atoms with Gasteiger partial charge in [0, 0.05) is 0 Å². The van der Waals surface area contributed by atoms with Crippen molar-refractivity contribution in [2.24, 2.45) is 5.92 Å². The Morgan fingerprint density at radius 3 is 2.53 bits per heavy atom. The first-order valence-corrected chi connectivity index (χ1v) is 4.24. The molecular weight excluding hydrogens is 198 g/mol. The van der Waals surface area contributed by atoms with Gasteiger partial charge in [-0.2, -0.15) is 0 Å². The number of rotatable bonds is 2. The molecule has 1 rings (SSSR count). The van der Waals surface area contributed by atoms with Gasteiger partial charge in [0.05, 0.1) is 25.5 Å². The van der Waals surface area contributed by atoms with E-state index >= 15 is 0 Å². The van der Waals surface area contributed by atoms with Crippen LogP contribution in [0.2, 0.25) is 0 Å². The first-order valence-electron chi connectivity index (χ1n) is 4.24. The zero-order valence-corrected chi connectivity index (χ0v) is 8.44. The lowest BCUT2D eigenvalue weighted by Gasteiger charge is -2.17. The third-order valence-electron chi connectivity index (χ3n) is 2.03. The molecule has 5 nitrogen and oxygen atoms in total. The number of hydrogen-bond donors (Lipinski definition) is 1. The molecule has 0 bridgehead atoms. The van der Waals surface area contributed by atoms with Gasteiger partial charge in [0.25, 0.3) is 0 Å². The summed E-state index contributed by atoms with van der Waals surface area (Å²) in [6, 6.07) is 0. The van der Waals surface area contributed by atoms with Crippen LogP contribution in [0, 0.1) is 11.3 Å². The summed E-state index contributed by atoms with van der Waals surface area (Å²) in [6.45, 7) is 0. The van der Waals surface area contributed by atoms with E-state index in [1.165, 1.54) is 32.4 Å². The topological polar surface area (TPSA) is 76.5 Å². The molecule has 0 spiro atoms. The normalized spacial score (nSPS) is 19.5. The number of ether oxygens (including phenoxy) is 2. The molecule has 1 unspecified atom stereocenters. The standard InChI is InChI=1S/C10H11NO4/c1-14-9(12)6-4-3-5-7(11)8(6)10(13)15-2/h3-5,8,11H,1-2H3. The first kappa shape index (κ1) is 11.2. The van der Waals surface area contributed by atoms with Crippen LogP contribution in [0.3, 0.4) is 0 Å². The zero-order valence-electron chi connectivity index (χ0n) is 8.44. The van der Waals surface area contributed by atoms with Crippen LogP contribution in [0.5, 0.6) is 0 Å². The molecule has 0 aliphatic heterocycles. The van der Waals surface area contributed by atoms with Gasteiger partial charge in [0.2, 0.25) is 0 Å². The maximum atomic E-state index is 11.4. The Labute approximate surface area is 86.9 Å². The van der Waals surface area contributed by atoms with E-state index < -0.39 is 17.9 Å². The van der Waals surface area contributed by atoms with Crippen molar-refractivity contribution >= 4 is 17.7 Å². The summed E-state index contributed by atoms with van der Waals surface area (Å²) in [5.74, 6) is -2.24. The molecule has 0 aromatic carbocycles. The van der Waals surface area contributed by atoms with Crippen LogP contribution in [0.15, 0.2) is 23.8 Å². The summed E-state index contributed by atoms with van der Waals surface area (Å²) in [5, 5.41) is 7.54. The summed E-state index contributed by atoms with van der Waals surface area (Å²) in [4.78, 5) is 22.7. The van der Waals surface area contributed by atoms with E-state index in [2.05, 4.69) is 9.47 Å². The predicted molar refractivity (Wildman–Crippen MR) is 52.5 cm³/mol. The van der Waals surface area contributed by atoms with Gasteiger partial charge in [-0.15, -0.1) is 0 Å². The Hall–Kier alpha value is -1.91. The van der Waals surface area contributed by atoms with Gasteiger partial charge in [-0.25, -0.2) is 4.79 Å². The highest BCUT2D eigenvalue weighted by molar-refractivity contribution is 6.15. The Morgan fingerprint density at radius 2 is 2.00 bits per heavy atom. The number of allylic oxidation sites excluding steroid dienone is 3. The molecular formula is C10H11NO4. The van der Waals surface area contributed by atoms with Crippen LogP contribution >= 0.6 is 0 Å². The Kier molecular flexibility index (Phi) is 3.38. The van der Waals surface area contributed by atoms with Crippen molar-refractivity contribution < 1.29 is 19.1 Å². The molecule has 0 heterocycles. The van der Waals surface area contributed by atoms with Crippen molar-refractivity contribution in [3.63, 3.8) is 0 Å². The highest BCUT2D eigenvalue weighted by Crippen LogP contribution is 2.20. The molecule has 0 radical (unpaired) electrons. The average molecular weight is 209 g/mol. The van der Waals surface area contributed by atoms with Gasteiger partial charge in [0.1, 0.15) is 5.92 Å². The van der Waals surface area contributed by atoms with E-state index in [9.17, 15) is 9.59 Å². The van der Waals surface area contributed by atoms with Crippen LogP contribution in [0.25, 0.3) is 0 Å². The van der Waals surface area contributed by atoms with Crippen molar-refractivity contribution in [2.75, 3.05) is 14.2 Å². The average Bonchev–Trinajstić information content (AvgIpc) is 2.26. The summed E-state index contributed by atoms with van der Waals surface area (Å²) < 4.78 is 9.04. The minimum absolute atomic E-state index is 0.0183. The largest absolute Gasteiger partial charge is 0.468 e. The summed E-state index contributed by atoms with van der Waals surface area (Å²) >= 11 is 0. The van der Waals surface area contributed by atoms with Gasteiger partial charge in [-0.1, -0.05) is 12.2 Å². The van der Waals surface area contributed by atoms with E-state index in [-0.39, 0.29) is 11.3 Å². The Morgan fingerprint density at radius 1 is 1.33 bits per heavy atom. The SMILES string of the molecule is COC(=O)C1=CC=CC(=N)C1C(=O)OC. The molecule has 1 N–H and O–H groups in total. The maximum Gasteiger partial charge on any atom is 0.335 e. The van der Waals surface area contributed by atoms with Crippen LogP contribution in [-0.2, 0) is 19.1 Å². The second kappa shape index (κ2) is 4.54. The van der Waals surface area contributed by atoms with Crippen LogP contribution in [0.1, 0.15) is 0 Å². The van der Waals surface area contributed by atoms with Gasteiger partial charge in [0.15, 0.2) is 0 Å². The van der Waals surface area contributed by atoms with E-state index in [0.717, 1.165) is 0 Å². The molecule has 0 aromatic heterocycles. The highest BCUT2D eigenvalue weighted by Gasteiger charge is 2.33. The molecule has 1 atom stereocenters. The second-order valence-corrected chi connectivity index (χ2v) is 2.88. The molecule has 0 amide bonds. The van der Waals surface area contributed by atoms with Gasteiger partial charge >= 0.3 is 11.9 Å². The van der Waals surface area contributed by atoms with Crippen molar-refractivity contribution in [1.29, 1.82) is 5.41 Å². The molecule has 0 fully saturated rings. The smallest absolute Gasteiger partial charge is 0.335 e. The van der Waals surface area contributed by atoms with Crippen molar-refractivity contribution in [1.82, 2.24) is 0 Å². The Bertz CT molecular complexity index is 368. The lowest BCUT2D eigenvalue weighted by molar-refractivity contribution is -0.145. The summed E-state index contributed by atoms with van der Waals surface area (Å²) in [5.41, 5.74) is 0.140. The van der Waals surface area contributed by atoms with Crippen LogP contribution in [0.4, 0.5) is 0 Å². The Balaban J connectivity index is 3.05. The predicted octanol–water partition coefficient (Wildman–Crippen LogP) is 0.465. The molecule has 80 valence electrons. The molecule has 1 aliphatic carbocycles. The van der Waals surface area contributed by atoms with Gasteiger partial charge in [-0.05, 0) is 6.08 Å². The zero-order chi connectivity index (χ0) is 11.4. The fraction of sp³-hybridized carbons (Fsp3) is 0.300. The van der Waals surface area contributed by atoms with E-state index in [0.29, 0.717) is 0 Å². The number of carbonyl (C=O) groups is 2. The number of nitrogens with one attached hydrogen (secondary N) is 1. The quantitative estimate of drug-likeness (QED) is 0.670. The lowest BCUT2D eigenvalue weighted by Crippen LogP contribution is -2.31. The van der Waals surface area contributed by atoms with E-state index in [1.807, 2.05) is 0 Å². The molecule has 5 heteroatoms. The fourth-order valence-electron chi connectivity index (χ4n) is 1.29. The van der Waals surface area contributed by atoms with Gasteiger partial charge in [-0.3, -0.25) is 4.79 Å². The van der Waals surface area contributed by atoms with Crippen molar-refractivity contribution in [3.05, 3.63) is 23.8 Å². The minimum atomic E-state index is -0.979. The number of hydrogen-bond acceptors (Lipinski definition) is 5. The van der Waals surface area contributed by atoms with Crippen molar-refractivity contribution in [2.45, 2.75) is 0 Å². The number of methoxy groups -OCH3 is 2. The maximum absolute atomic E-state index is 11.4. The molecule has 0 aromatic rings. The van der Waals surface area contributed by atoms with Crippen LogP contribution in [-0.4, -0.2) is 31.9 Å². The molecule has 0 saturated carbocycles. The van der Waals surface area contributed by atoms with Crippen LogP contribution < -0.4 is 0 Å². The molecule has 0 saturated heterocycles. The van der Waals surface area contributed by atoms with E-state index in [4.69, 9.17) is 5.41 Å². The summed E-state index contributed by atoms with van der Waals surface area (Å²) in [7, 11) is 2.43. The minimum Gasteiger partial charge on any atom is -0.468 e. The summed E-state index contributed by atoms with van der Waals surface area (Å²) in [6.07, 6.45) is 4.41. The number of esters is 2.